The van der Waals surface area contributed by atoms with Crippen molar-refractivity contribution in [3.05, 3.63) is 0 Å². The first-order chi connectivity index (χ1) is 6.93. The van der Waals surface area contributed by atoms with Gasteiger partial charge in [0.15, 0.2) is 5.96 Å². The number of nitrogens with two attached hydrogens (primary N) is 1. The van der Waals surface area contributed by atoms with Crippen LogP contribution in [0.1, 0.15) is 33.6 Å². The number of ether oxygens (including phenoxy) is 1. The second-order valence-corrected chi connectivity index (χ2v) is 5.23. The van der Waals surface area contributed by atoms with E-state index in [4.69, 9.17) is 10.5 Å². The fourth-order valence-electron chi connectivity index (χ4n) is 1.37. The summed E-state index contributed by atoms with van der Waals surface area (Å²) >= 11 is 0. The van der Waals surface area contributed by atoms with E-state index in [1.54, 1.807) is 7.11 Å². The van der Waals surface area contributed by atoms with Crippen molar-refractivity contribution in [3.63, 3.8) is 0 Å². The summed E-state index contributed by atoms with van der Waals surface area (Å²) in [4.78, 5) is 4.30. The molecule has 0 spiro atoms. The Kier molecular flexibility index (Phi) is 3.97. The Morgan fingerprint density at radius 3 is 2.53 bits per heavy atom. The summed E-state index contributed by atoms with van der Waals surface area (Å²) in [6.45, 7) is 7.04. The molecule has 0 aromatic carbocycles. The molecule has 1 aliphatic carbocycles. The second kappa shape index (κ2) is 4.84. The van der Waals surface area contributed by atoms with Crippen LogP contribution in [0.5, 0.6) is 0 Å². The Balaban J connectivity index is 2.37. The van der Waals surface area contributed by atoms with Gasteiger partial charge >= 0.3 is 0 Å². The molecule has 0 aliphatic heterocycles. The summed E-state index contributed by atoms with van der Waals surface area (Å²) in [6.07, 6.45) is 2.53. The molecule has 4 nitrogen and oxygen atoms in total. The summed E-state index contributed by atoms with van der Waals surface area (Å²) in [5.41, 5.74) is 5.84. The molecule has 1 unspecified atom stereocenters. The molecule has 1 fully saturated rings. The molecule has 88 valence electrons. The number of aliphatic imine (C=N–C) groups is 1. The molecule has 1 saturated carbocycles. The Morgan fingerprint density at radius 1 is 1.53 bits per heavy atom. The lowest BCUT2D eigenvalue weighted by Crippen LogP contribution is -2.36. The lowest BCUT2D eigenvalue weighted by Gasteiger charge is -2.27. The fourth-order valence-corrected chi connectivity index (χ4v) is 1.37. The van der Waals surface area contributed by atoms with Gasteiger partial charge in [-0.05, 0) is 18.3 Å². The third kappa shape index (κ3) is 4.51. The van der Waals surface area contributed by atoms with E-state index in [-0.39, 0.29) is 11.5 Å². The fraction of sp³-hybridized carbons (Fsp3) is 0.909. The second-order valence-electron chi connectivity index (χ2n) is 5.23. The van der Waals surface area contributed by atoms with Crippen LogP contribution in [0, 0.1) is 5.41 Å². The van der Waals surface area contributed by atoms with Gasteiger partial charge in [-0.2, -0.15) is 0 Å². The molecule has 1 aliphatic rings. The van der Waals surface area contributed by atoms with Gasteiger partial charge in [-0.25, -0.2) is 0 Å². The molecule has 15 heavy (non-hydrogen) atoms. The monoisotopic (exact) mass is 213 g/mol. The van der Waals surface area contributed by atoms with E-state index in [1.165, 1.54) is 12.8 Å². The highest BCUT2D eigenvalue weighted by Gasteiger charge is 2.25. The highest BCUT2D eigenvalue weighted by Crippen LogP contribution is 2.22. The van der Waals surface area contributed by atoms with Gasteiger partial charge in [-0.1, -0.05) is 20.8 Å². The van der Waals surface area contributed by atoms with Gasteiger partial charge in [0.1, 0.15) is 0 Å². The van der Waals surface area contributed by atoms with Crippen LogP contribution in [0.4, 0.5) is 0 Å². The number of rotatable bonds is 4. The van der Waals surface area contributed by atoms with Crippen LogP contribution in [0.15, 0.2) is 4.99 Å². The average molecular weight is 213 g/mol. The predicted octanol–water partition coefficient (Wildman–Crippen LogP) is 1.11. The van der Waals surface area contributed by atoms with Crippen LogP contribution < -0.4 is 11.1 Å². The maximum absolute atomic E-state index is 5.74. The van der Waals surface area contributed by atoms with Crippen molar-refractivity contribution < 1.29 is 4.74 Å². The Morgan fingerprint density at radius 2 is 2.13 bits per heavy atom. The van der Waals surface area contributed by atoms with E-state index >= 15 is 0 Å². The quantitative estimate of drug-likeness (QED) is 0.543. The van der Waals surface area contributed by atoms with E-state index in [2.05, 4.69) is 31.1 Å². The van der Waals surface area contributed by atoms with Crippen LogP contribution in [-0.4, -0.2) is 31.8 Å². The van der Waals surface area contributed by atoms with Crippen LogP contribution in [-0.2, 0) is 4.74 Å². The van der Waals surface area contributed by atoms with Gasteiger partial charge in [0.05, 0.1) is 12.6 Å². The van der Waals surface area contributed by atoms with Crippen molar-refractivity contribution in [3.8, 4) is 0 Å². The molecule has 0 bridgehead atoms. The number of guanidine groups is 1. The summed E-state index contributed by atoms with van der Waals surface area (Å²) in [6, 6.07) is 0.560. The Bertz CT molecular complexity index is 228. The zero-order valence-corrected chi connectivity index (χ0v) is 10.2. The van der Waals surface area contributed by atoms with Crippen LogP contribution in [0.3, 0.4) is 0 Å². The molecule has 0 radical (unpaired) electrons. The molecule has 0 saturated heterocycles. The number of nitrogens with one attached hydrogen (secondary N) is 1. The summed E-state index contributed by atoms with van der Waals surface area (Å²) in [7, 11) is 1.72. The van der Waals surface area contributed by atoms with Crippen molar-refractivity contribution in [1.29, 1.82) is 0 Å². The summed E-state index contributed by atoms with van der Waals surface area (Å²) in [5, 5.41) is 3.16. The van der Waals surface area contributed by atoms with Crippen molar-refractivity contribution in [2.45, 2.75) is 45.8 Å². The normalized spacial score (nSPS) is 20.1. The van der Waals surface area contributed by atoms with Crippen LogP contribution in [0.25, 0.3) is 0 Å². The molecule has 0 aromatic heterocycles. The molecule has 1 rings (SSSR count). The summed E-state index contributed by atoms with van der Waals surface area (Å²) in [5.74, 6) is 0.545. The van der Waals surface area contributed by atoms with Crippen LogP contribution in [0.2, 0.25) is 0 Å². The number of hydrogen-bond donors (Lipinski definition) is 2. The van der Waals surface area contributed by atoms with Crippen molar-refractivity contribution >= 4 is 5.96 Å². The van der Waals surface area contributed by atoms with Crippen LogP contribution >= 0.6 is 0 Å². The largest absolute Gasteiger partial charge is 0.379 e. The molecular weight excluding hydrogens is 190 g/mol. The first-order valence-corrected chi connectivity index (χ1v) is 5.52. The number of methoxy groups -OCH3 is 1. The molecule has 4 heteroatoms. The molecule has 0 heterocycles. The Hall–Kier alpha value is -0.770. The van der Waals surface area contributed by atoms with Gasteiger partial charge in [0, 0.05) is 13.2 Å². The van der Waals surface area contributed by atoms with Gasteiger partial charge in [0.25, 0.3) is 0 Å². The zero-order valence-electron chi connectivity index (χ0n) is 10.2. The third-order valence-electron chi connectivity index (χ3n) is 2.61. The van der Waals surface area contributed by atoms with Crippen molar-refractivity contribution in [2.75, 3.05) is 13.7 Å². The van der Waals surface area contributed by atoms with Crippen molar-refractivity contribution in [1.82, 2.24) is 5.32 Å². The zero-order chi connectivity index (χ0) is 11.5. The van der Waals surface area contributed by atoms with Gasteiger partial charge in [0.2, 0.25) is 0 Å². The lowest BCUT2D eigenvalue weighted by atomic mass is 9.89. The molecule has 0 aromatic rings. The van der Waals surface area contributed by atoms with Crippen molar-refractivity contribution in [2.24, 2.45) is 16.1 Å². The topological polar surface area (TPSA) is 59.6 Å². The lowest BCUT2D eigenvalue weighted by molar-refractivity contribution is 0.0241. The highest BCUT2D eigenvalue weighted by molar-refractivity contribution is 5.78. The standard InChI is InChI=1S/C11H23N3O/c1-11(2,3)9(15-4)7-13-10(12)14-8-5-6-8/h8-9H,5-7H2,1-4H3,(H3,12,13,14). The molecule has 1 atom stereocenters. The van der Waals surface area contributed by atoms with E-state index in [9.17, 15) is 0 Å². The molecular formula is C11H23N3O. The molecule has 0 amide bonds. The minimum atomic E-state index is 0.0953. The maximum Gasteiger partial charge on any atom is 0.188 e. The number of hydrogen-bond acceptors (Lipinski definition) is 2. The van der Waals surface area contributed by atoms with Gasteiger partial charge in [-0.3, -0.25) is 4.99 Å². The maximum atomic E-state index is 5.74. The van der Waals surface area contributed by atoms with E-state index in [0.29, 0.717) is 18.5 Å². The van der Waals surface area contributed by atoms with Gasteiger partial charge in [-0.15, -0.1) is 0 Å². The predicted molar refractivity (Wildman–Crippen MR) is 62.9 cm³/mol. The summed E-state index contributed by atoms with van der Waals surface area (Å²) < 4.78 is 5.40. The minimum Gasteiger partial charge on any atom is -0.379 e. The van der Waals surface area contributed by atoms with E-state index in [1.807, 2.05) is 0 Å². The van der Waals surface area contributed by atoms with E-state index < -0.39 is 0 Å². The third-order valence-corrected chi connectivity index (χ3v) is 2.61. The highest BCUT2D eigenvalue weighted by atomic mass is 16.5. The van der Waals surface area contributed by atoms with E-state index in [0.717, 1.165) is 0 Å². The van der Waals surface area contributed by atoms with Gasteiger partial charge < -0.3 is 15.8 Å². The number of nitrogens with zero attached hydrogens (tertiary/aromatic N) is 1. The first-order valence-electron chi connectivity index (χ1n) is 5.52. The average Bonchev–Trinajstić information content (AvgIpc) is 2.86. The smallest absolute Gasteiger partial charge is 0.188 e. The Labute approximate surface area is 92.3 Å². The first kappa shape index (κ1) is 12.3. The SMILES string of the molecule is COC(CN=C(N)NC1CC1)C(C)(C)C. The minimum absolute atomic E-state index is 0.0953. The molecule has 3 N–H and O–H groups in total.